The zero-order valence-corrected chi connectivity index (χ0v) is 14.9. The molecular weight excluding hydrogens is 349 g/mol. The standard InChI is InChI=1S/C18H17Cl2NO3/c1-18(2,11-6-7-14-15(10-11)24-9-8-23-14)17(22)21-13-5-3-4-12(19)16(13)20/h3-7,10H,8-9H2,1-2H3,(H,21,22). The second kappa shape index (κ2) is 6.54. The third-order valence-electron chi connectivity index (χ3n) is 4.03. The molecule has 0 aromatic heterocycles. The Labute approximate surface area is 150 Å². The van der Waals surface area contributed by atoms with Gasteiger partial charge in [0.25, 0.3) is 0 Å². The summed E-state index contributed by atoms with van der Waals surface area (Å²) in [5.41, 5.74) is 0.517. The van der Waals surface area contributed by atoms with Gasteiger partial charge in [0.2, 0.25) is 5.91 Å². The number of carbonyl (C=O) groups excluding carboxylic acids is 1. The van der Waals surface area contributed by atoms with Gasteiger partial charge in [-0.1, -0.05) is 35.3 Å². The molecule has 1 aliphatic heterocycles. The average molecular weight is 366 g/mol. The summed E-state index contributed by atoms with van der Waals surface area (Å²) in [6.07, 6.45) is 0. The number of amides is 1. The molecule has 0 aliphatic carbocycles. The molecule has 24 heavy (non-hydrogen) atoms. The van der Waals surface area contributed by atoms with Crippen LogP contribution in [0.25, 0.3) is 0 Å². The molecule has 0 radical (unpaired) electrons. The van der Waals surface area contributed by atoms with E-state index in [0.717, 1.165) is 5.56 Å². The van der Waals surface area contributed by atoms with Crippen LogP contribution < -0.4 is 14.8 Å². The molecule has 3 rings (SSSR count). The van der Waals surface area contributed by atoms with Crippen molar-refractivity contribution in [1.29, 1.82) is 0 Å². The van der Waals surface area contributed by atoms with Crippen LogP contribution in [0.15, 0.2) is 36.4 Å². The van der Waals surface area contributed by atoms with Gasteiger partial charge in [-0.15, -0.1) is 0 Å². The number of ether oxygens (including phenoxy) is 2. The normalized spacial score (nSPS) is 13.5. The minimum atomic E-state index is -0.790. The summed E-state index contributed by atoms with van der Waals surface area (Å²) in [5.74, 6) is 1.16. The van der Waals surface area contributed by atoms with Crippen molar-refractivity contribution in [3.63, 3.8) is 0 Å². The van der Waals surface area contributed by atoms with Crippen LogP contribution in [0.1, 0.15) is 19.4 Å². The number of nitrogens with one attached hydrogen (secondary N) is 1. The molecule has 4 nitrogen and oxygen atoms in total. The van der Waals surface area contributed by atoms with Gasteiger partial charge in [-0.25, -0.2) is 0 Å². The monoisotopic (exact) mass is 365 g/mol. The number of fused-ring (bicyclic) bond motifs is 1. The van der Waals surface area contributed by atoms with Gasteiger partial charge in [0.1, 0.15) is 13.2 Å². The van der Waals surface area contributed by atoms with Crippen molar-refractivity contribution in [2.24, 2.45) is 0 Å². The molecule has 0 saturated heterocycles. The minimum absolute atomic E-state index is 0.191. The molecule has 0 unspecified atom stereocenters. The highest BCUT2D eigenvalue weighted by molar-refractivity contribution is 6.44. The fourth-order valence-electron chi connectivity index (χ4n) is 2.44. The third-order valence-corrected chi connectivity index (χ3v) is 4.85. The molecule has 0 saturated carbocycles. The van der Waals surface area contributed by atoms with E-state index in [2.05, 4.69) is 5.32 Å². The molecule has 0 fully saturated rings. The quantitative estimate of drug-likeness (QED) is 0.858. The highest BCUT2D eigenvalue weighted by Gasteiger charge is 2.31. The molecule has 126 valence electrons. The van der Waals surface area contributed by atoms with Crippen LogP contribution in [-0.4, -0.2) is 19.1 Å². The lowest BCUT2D eigenvalue weighted by Gasteiger charge is -2.27. The second-order valence-electron chi connectivity index (χ2n) is 6.04. The highest BCUT2D eigenvalue weighted by Crippen LogP contribution is 2.36. The third kappa shape index (κ3) is 3.17. The van der Waals surface area contributed by atoms with E-state index >= 15 is 0 Å². The smallest absolute Gasteiger partial charge is 0.234 e. The molecule has 2 aromatic rings. The number of rotatable bonds is 3. The van der Waals surface area contributed by atoms with Crippen molar-refractivity contribution >= 4 is 34.8 Å². The Kier molecular flexibility index (Phi) is 4.61. The van der Waals surface area contributed by atoms with E-state index in [1.165, 1.54) is 0 Å². The van der Waals surface area contributed by atoms with E-state index < -0.39 is 5.41 Å². The molecule has 1 amide bonds. The fraction of sp³-hybridized carbons (Fsp3) is 0.278. The largest absolute Gasteiger partial charge is 0.486 e. The summed E-state index contributed by atoms with van der Waals surface area (Å²) in [4.78, 5) is 12.8. The van der Waals surface area contributed by atoms with Crippen molar-refractivity contribution in [3.05, 3.63) is 52.0 Å². The molecule has 1 N–H and O–H groups in total. The molecule has 2 aromatic carbocycles. The molecule has 1 heterocycles. The molecule has 6 heteroatoms. The first-order valence-corrected chi connectivity index (χ1v) is 8.31. The average Bonchev–Trinajstić information content (AvgIpc) is 2.58. The van der Waals surface area contributed by atoms with E-state index in [4.69, 9.17) is 32.7 Å². The first-order chi connectivity index (χ1) is 11.4. The van der Waals surface area contributed by atoms with Gasteiger partial charge in [-0.05, 0) is 43.7 Å². The summed E-state index contributed by atoms with van der Waals surface area (Å²) in [6, 6.07) is 10.7. The predicted octanol–water partition coefficient (Wildman–Crippen LogP) is 4.68. The topological polar surface area (TPSA) is 47.6 Å². The molecule has 0 atom stereocenters. The van der Waals surface area contributed by atoms with E-state index in [1.807, 2.05) is 32.0 Å². The van der Waals surface area contributed by atoms with Crippen molar-refractivity contribution in [2.75, 3.05) is 18.5 Å². The Morgan fingerprint density at radius 3 is 2.54 bits per heavy atom. The maximum atomic E-state index is 12.8. The van der Waals surface area contributed by atoms with E-state index in [1.54, 1.807) is 18.2 Å². The summed E-state index contributed by atoms with van der Waals surface area (Å²) in [5, 5.41) is 3.56. The van der Waals surface area contributed by atoms with Crippen LogP contribution >= 0.6 is 23.2 Å². The van der Waals surface area contributed by atoms with Crippen LogP contribution in [0, 0.1) is 0 Å². The number of anilines is 1. The van der Waals surface area contributed by atoms with Gasteiger partial charge < -0.3 is 14.8 Å². The number of hydrogen-bond acceptors (Lipinski definition) is 3. The molecular formula is C18H17Cl2NO3. The Balaban J connectivity index is 1.86. The van der Waals surface area contributed by atoms with E-state index in [-0.39, 0.29) is 5.91 Å². The minimum Gasteiger partial charge on any atom is -0.486 e. The number of benzene rings is 2. The van der Waals surface area contributed by atoms with Gasteiger partial charge in [0, 0.05) is 0 Å². The lowest BCUT2D eigenvalue weighted by atomic mass is 9.83. The molecule has 0 spiro atoms. The van der Waals surface area contributed by atoms with Crippen LogP contribution in [0.4, 0.5) is 5.69 Å². The Morgan fingerprint density at radius 1 is 1.08 bits per heavy atom. The van der Waals surface area contributed by atoms with Crippen LogP contribution in [-0.2, 0) is 10.2 Å². The summed E-state index contributed by atoms with van der Waals surface area (Å²) in [7, 11) is 0. The van der Waals surface area contributed by atoms with Crippen molar-refractivity contribution in [1.82, 2.24) is 0 Å². The second-order valence-corrected chi connectivity index (χ2v) is 6.82. The lowest BCUT2D eigenvalue weighted by Crippen LogP contribution is -2.35. The first-order valence-electron chi connectivity index (χ1n) is 7.55. The zero-order chi connectivity index (χ0) is 17.3. The molecule has 1 aliphatic rings. The summed E-state index contributed by atoms with van der Waals surface area (Å²) < 4.78 is 11.1. The number of carbonyl (C=O) groups is 1. The van der Waals surface area contributed by atoms with Crippen molar-refractivity contribution in [2.45, 2.75) is 19.3 Å². The molecule has 0 bridgehead atoms. The summed E-state index contributed by atoms with van der Waals surface area (Å²) in [6.45, 7) is 4.71. The van der Waals surface area contributed by atoms with Gasteiger partial charge in [0.05, 0.1) is 21.1 Å². The zero-order valence-electron chi connectivity index (χ0n) is 13.4. The van der Waals surface area contributed by atoms with E-state index in [9.17, 15) is 4.79 Å². The Morgan fingerprint density at radius 2 is 1.79 bits per heavy atom. The first kappa shape index (κ1) is 16.9. The van der Waals surface area contributed by atoms with Gasteiger partial charge in [-0.3, -0.25) is 4.79 Å². The van der Waals surface area contributed by atoms with Crippen LogP contribution in [0.2, 0.25) is 10.0 Å². The number of halogens is 2. The maximum absolute atomic E-state index is 12.8. The van der Waals surface area contributed by atoms with Crippen molar-refractivity contribution < 1.29 is 14.3 Å². The van der Waals surface area contributed by atoms with Crippen LogP contribution in [0.5, 0.6) is 11.5 Å². The highest BCUT2D eigenvalue weighted by atomic mass is 35.5. The van der Waals surface area contributed by atoms with Crippen LogP contribution in [0.3, 0.4) is 0 Å². The van der Waals surface area contributed by atoms with Gasteiger partial charge >= 0.3 is 0 Å². The number of hydrogen-bond donors (Lipinski definition) is 1. The Hall–Kier alpha value is -1.91. The predicted molar refractivity (Wildman–Crippen MR) is 95.5 cm³/mol. The van der Waals surface area contributed by atoms with E-state index in [0.29, 0.717) is 40.4 Å². The van der Waals surface area contributed by atoms with Gasteiger partial charge in [0.15, 0.2) is 11.5 Å². The maximum Gasteiger partial charge on any atom is 0.234 e. The lowest BCUT2D eigenvalue weighted by molar-refractivity contribution is -0.120. The summed E-state index contributed by atoms with van der Waals surface area (Å²) >= 11 is 12.1. The SMILES string of the molecule is CC(C)(C(=O)Nc1cccc(Cl)c1Cl)c1ccc2c(c1)OCCO2. The van der Waals surface area contributed by atoms with Gasteiger partial charge in [-0.2, -0.15) is 0 Å². The fourth-order valence-corrected chi connectivity index (χ4v) is 2.79. The Bertz CT molecular complexity index is 790. The van der Waals surface area contributed by atoms with Crippen molar-refractivity contribution in [3.8, 4) is 11.5 Å².